The van der Waals surface area contributed by atoms with Crippen molar-refractivity contribution in [3.05, 3.63) is 16.1 Å². The van der Waals surface area contributed by atoms with Crippen molar-refractivity contribution in [1.82, 2.24) is 15.6 Å². The summed E-state index contributed by atoms with van der Waals surface area (Å²) in [5, 5.41) is 6.97. The molecule has 6 heteroatoms. The molecule has 0 radical (unpaired) electrons. The fourth-order valence-corrected chi connectivity index (χ4v) is 3.69. The lowest BCUT2D eigenvalue weighted by atomic mass is 9.80. The quantitative estimate of drug-likeness (QED) is 0.427. The lowest BCUT2D eigenvalue weighted by Gasteiger charge is -2.32. The Bertz CT molecular complexity index is 464. The van der Waals surface area contributed by atoms with Gasteiger partial charge in [0.25, 0.3) is 0 Å². The molecule has 22 heavy (non-hydrogen) atoms. The molecule has 2 rings (SSSR count). The van der Waals surface area contributed by atoms with E-state index in [2.05, 4.69) is 41.4 Å². The van der Waals surface area contributed by atoms with Crippen LogP contribution in [-0.4, -0.2) is 24.0 Å². The zero-order chi connectivity index (χ0) is 15.2. The summed E-state index contributed by atoms with van der Waals surface area (Å²) in [6.07, 6.45) is 5.17. The van der Waals surface area contributed by atoms with E-state index in [4.69, 9.17) is 0 Å². The molecule has 0 bridgehead atoms. The van der Waals surface area contributed by atoms with Crippen LogP contribution in [0.15, 0.2) is 10.5 Å². The van der Waals surface area contributed by atoms with E-state index in [9.17, 15) is 0 Å². The number of halogens is 1. The lowest BCUT2D eigenvalue weighted by Crippen LogP contribution is -2.44. The summed E-state index contributed by atoms with van der Waals surface area (Å²) in [6, 6.07) is 0.564. The molecule has 0 unspecified atom stereocenters. The monoisotopic (exact) mass is 436 g/mol. The van der Waals surface area contributed by atoms with Crippen molar-refractivity contribution in [3.63, 3.8) is 0 Å². The summed E-state index contributed by atoms with van der Waals surface area (Å²) in [5.41, 5.74) is 3.01. The third-order valence-electron chi connectivity index (χ3n) is 4.54. The highest BCUT2D eigenvalue weighted by molar-refractivity contribution is 14.0. The topological polar surface area (TPSA) is 49.3 Å². The van der Waals surface area contributed by atoms with Gasteiger partial charge >= 0.3 is 0 Å². The molecule has 1 heterocycles. The molecule has 0 aliphatic heterocycles. The summed E-state index contributed by atoms with van der Waals surface area (Å²) in [4.78, 5) is 9.90. The van der Waals surface area contributed by atoms with E-state index in [1.165, 1.54) is 30.6 Å². The molecule has 1 aromatic heterocycles. The molecule has 1 aliphatic rings. The summed E-state index contributed by atoms with van der Waals surface area (Å²) >= 11 is 1.70. The highest BCUT2D eigenvalue weighted by Crippen LogP contribution is 2.29. The number of aromatic nitrogens is 1. The van der Waals surface area contributed by atoms with Gasteiger partial charge in [-0.2, -0.15) is 0 Å². The van der Waals surface area contributed by atoms with E-state index >= 15 is 0 Å². The standard InChI is InChI=1S/C16H28N4S.HI/c1-11(2)13-5-7-14(8-6-13)20-16(17-4)18-9-15-12(3)19-10-21-15;/h10-11,13-14H,5-9H2,1-4H3,(H2,17,18,20);1H. The first-order valence-corrected chi connectivity index (χ1v) is 8.84. The van der Waals surface area contributed by atoms with Crippen molar-refractivity contribution in [2.24, 2.45) is 16.8 Å². The second-order valence-corrected chi connectivity index (χ2v) is 7.23. The van der Waals surface area contributed by atoms with Gasteiger partial charge in [-0.25, -0.2) is 4.98 Å². The average Bonchev–Trinajstić information content (AvgIpc) is 2.89. The van der Waals surface area contributed by atoms with Crippen LogP contribution < -0.4 is 10.6 Å². The molecule has 0 saturated heterocycles. The first-order valence-electron chi connectivity index (χ1n) is 7.96. The molecule has 1 aromatic rings. The second kappa shape index (κ2) is 9.70. The molecule has 1 fully saturated rings. The maximum absolute atomic E-state index is 4.34. The third-order valence-corrected chi connectivity index (χ3v) is 5.48. The number of rotatable bonds is 4. The summed E-state index contributed by atoms with van der Waals surface area (Å²) < 4.78 is 0. The van der Waals surface area contributed by atoms with Crippen LogP contribution in [0.4, 0.5) is 0 Å². The molecule has 0 atom stereocenters. The maximum atomic E-state index is 4.34. The normalized spacial score (nSPS) is 22.3. The van der Waals surface area contributed by atoms with Gasteiger partial charge in [-0.05, 0) is 44.4 Å². The Morgan fingerprint density at radius 3 is 2.55 bits per heavy atom. The summed E-state index contributed by atoms with van der Waals surface area (Å²) in [7, 11) is 1.84. The summed E-state index contributed by atoms with van der Waals surface area (Å²) in [5.74, 6) is 2.63. The maximum Gasteiger partial charge on any atom is 0.191 e. The van der Waals surface area contributed by atoms with Gasteiger partial charge in [0.15, 0.2) is 5.96 Å². The fraction of sp³-hybridized carbons (Fsp3) is 0.750. The van der Waals surface area contributed by atoms with E-state index in [1.54, 1.807) is 11.3 Å². The van der Waals surface area contributed by atoms with Gasteiger partial charge in [0, 0.05) is 18.0 Å². The predicted molar refractivity (Wildman–Crippen MR) is 106 cm³/mol. The number of hydrogen-bond acceptors (Lipinski definition) is 3. The Hall–Kier alpha value is -0.370. The molecule has 0 aromatic carbocycles. The van der Waals surface area contributed by atoms with Crippen LogP contribution in [0.2, 0.25) is 0 Å². The number of nitrogens with one attached hydrogen (secondary N) is 2. The first kappa shape index (κ1) is 19.7. The van der Waals surface area contributed by atoms with Crippen molar-refractivity contribution in [2.45, 2.75) is 59.0 Å². The molecule has 1 saturated carbocycles. The van der Waals surface area contributed by atoms with Gasteiger partial charge in [-0.3, -0.25) is 4.99 Å². The van der Waals surface area contributed by atoms with Gasteiger partial charge in [0.1, 0.15) is 0 Å². The average molecular weight is 436 g/mol. The van der Waals surface area contributed by atoms with Crippen LogP contribution in [0.25, 0.3) is 0 Å². The number of thiazole rings is 1. The highest BCUT2D eigenvalue weighted by atomic mass is 127. The van der Waals surface area contributed by atoms with E-state index < -0.39 is 0 Å². The zero-order valence-corrected chi connectivity index (χ0v) is 17.2. The summed E-state index contributed by atoms with van der Waals surface area (Å²) in [6.45, 7) is 7.54. The van der Waals surface area contributed by atoms with Crippen LogP contribution in [-0.2, 0) is 6.54 Å². The Kier molecular flexibility index (Phi) is 8.67. The van der Waals surface area contributed by atoms with Gasteiger partial charge < -0.3 is 10.6 Å². The molecule has 126 valence electrons. The Labute approximate surface area is 155 Å². The van der Waals surface area contributed by atoms with Gasteiger partial charge in [0.2, 0.25) is 0 Å². The van der Waals surface area contributed by atoms with E-state index in [-0.39, 0.29) is 24.0 Å². The SMILES string of the molecule is CN=C(NCc1scnc1C)NC1CCC(C(C)C)CC1.I. The Morgan fingerprint density at radius 1 is 1.36 bits per heavy atom. The minimum absolute atomic E-state index is 0. The number of nitrogens with zero attached hydrogens (tertiary/aromatic N) is 2. The second-order valence-electron chi connectivity index (χ2n) is 6.29. The Balaban J connectivity index is 0.00000242. The van der Waals surface area contributed by atoms with Gasteiger partial charge in [-0.15, -0.1) is 35.3 Å². The minimum atomic E-state index is 0. The van der Waals surface area contributed by atoms with Crippen molar-refractivity contribution in [2.75, 3.05) is 7.05 Å². The largest absolute Gasteiger partial charge is 0.354 e. The Morgan fingerprint density at radius 2 is 2.05 bits per heavy atom. The van der Waals surface area contributed by atoms with Gasteiger partial charge in [-0.1, -0.05) is 13.8 Å². The van der Waals surface area contributed by atoms with E-state index in [0.717, 1.165) is 30.0 Å². The zero-order valence-electron chi connectivity index (χ0n) is 14.1. The molecular weight excluding hydrogens is 407 g/mol. The third kappa shape index (κ3) is 5.68. The van der Waals surface area contributed by atoms with Crippen LogP contribution in [0.3, 0.4) is 0 Å². The van der Waals surface area contributed by atoms with Crippen LogP contribution in [0, 0.1) is 18.8 Å². The van der Waals surface area contributed by atoms with Crippen molar-refractivity contribution in [3.8, 4) is 0 Å². The number of aryl methyl sites for hydroxylation is 1. The first-order chi connectivity index (χ1) is 10.1. The van der Waals surface area contributed by atoms with Crippen molar-refractivity contribution in [1.29, 1.82) is 0 Å². The molecule has 4 nitrogen and oxygen atoms in total. The lowest BCUT2D eigenvalue weighted by molar-refractivity contribution is 0.250. The number of guanidine groups is 1. The molecule has 0 amide bonds. The van der Waals surface area contributed by atoms with Gasteiger partial charge in [0.05, 0.1) is 17.7 Å². The van der Waals surface area contributed by atoms with Crippen LogP contribution >= 0.6 is 35.3 Å². The fourth-order valence-electron chi connectivity index (χ4n) is 2.98. The van der Waals surface area contributed by atoms with Crippen LogP contribution in [0.5, 0.6) is 0 Å². The van der Waals surface area contributed by atoms with E-state index in [0.29, 0.717) is 6.04 Å². The molecule has 1 aliphatic carbocycles. The highest BCUT2D eigenvalue weighted by Gasteiger charge is 2.23. The minimum Gasteiger partial charge on any atom is -0.354 e. The van der Waals surface area contributed by atoms with Crippen molar-refractivity contribution < 1.29 is 0 Å². The smallest absolute Gasteiger partial charge is 0.191 e. The number of aliphatic imine (C=N–C) groups is 1. The van der Waals surface area contributed by atoms with Crippen molar-refractivity contribution >= 4 is 41.3 Å². The number of hydrogen-bond donors (Lipinski definition) is 2. The van der Waals surface area contributed by atoms with Crippen LogP contribution in [0.1, 0.15) is 50.1 Å². The van der Waals surface area contributed by atoms with E-state index in [1.807, 2.05) is 12.6 Å². The predicted octanol–water partition coefficient (Wildman–Crippen LogP) is 3.95. The molecular formula is C16H29IN4S. The molecule has 2 N–H and O–H groups in total. The molecule has 0 spiro atoms.